The lowest BCUT2D eigenvalue weighted by Crippen LogP contribution is -2.48. The van der Waals surface area contributed by atoms with Crippen LogP contribution in [0.1, 0.15) is 37.1 Å². The summed E-state index contributed by atoms with van der Waals surface area (Å²) in [6.07, 6.45) is 9.39. The SMILES string of the molecule is O=C(NCCc1nccn1Cc1ccccc1)NC1CCN(C2CC2)CC1. The number of carbonyl (C=O) groups excluding carboxylic acids is 1. The van der Waals surface area contributed by atoms with Crippen molar-refractivity contribution in [1.82, 2.24) is 25.1 Å². The Labute approximate surface area is 161 Å². The first kappa shape index (κ1) is 18.0. The number of hydrogen-bond donors (Lipinski definition) is 2. The van der Waals surface area contributed by atoms with Crippen LogP contribution in [0.4, 0.5) is 4.79 Å². The van der Waals surface area contributed by atoms with Gasteiger partial charge in [-0.3, -0.25) is 0 Å². The molecule has 1 aromatic heterocycles. The zero-order valence-electron chi connectivity index (χ0n) is 15.8. The van der Waals surface area contributed by atoms with Crippen LogP contribution in [-0.2, 0) is 13.0 Å². The number of aromatic nitrogens is 2. The molecule has 1 aromatic carbocycles. The molecule has 2 heterocycles. The molecule has 2 fully saturated rings. The largest absolute Gasteiger partial charge is 0.338 e. The van der Waals surface area contributed by atoms with Gasteiger partial charge in [0.25, 0.3) is 0 Å². The van der Waals surface area contributed by atoms with Gasteiger partial charge in [-0.1, -0.05) is 30.3 Å². The fourth-order valence-corrected chi connectivity index (χ4v) is 3.87. The highest BCUT2D eigenvalue weighted by Crippen LogP contribution is 2.29. The Morgan fingerprint density at radius 2 is 1.89 bits per heavy atom. The number of nitrogens with zero attached hydrogens (tertiary/aromatic N) is 3. The molecule has 1 aliphatic carbocycles. The van der Waals surface area contributed by atoms with E-state index in [1.54, 1.807) is 0 Å². The van der Waals surface area contributed by atoms with Crippen molar-refractivity contribution in [1.29, 1.82) is 0 Å². The molecule has 4 rings (SSSR count). The number of carbonyl (C=O) groups is 1. The maximum atomic E-state index is 12.2. The van der Waals surface area contributed by atoms with Crippen LogP contribution >= 0.6 is 0 Å². The second kappa shape index (κ2) is 8.57. The third-order valence-electron chi connectivity index (χ3n) is 5.56. The zero-order valence-corrected chi connectivity index (χ0v) is 15.8. The van der Waals surface area contributed by atoms with E-state index in [1.807, 2.05) is 30.6 Å². The number of hydrogen-bond acceptors (Lipinski definition) is 3. The van der Waals surface area contributed by atoms with Crippen LogP contribution in [0, 0.1) is 0 Å². The van der Waals surface area contributed by atoms with Gasteiger partial charge in [-0.2, -0.15) is 0 Å². The Balaban J connectivity index is 1.18. The summed E-state index contributed by atoms with van der Waals surface area (Å²) >= 11 is 0. The van der Waals surface area contributed by atoms with Crippen molar-refractivity contribution in [2.45, 2.75) is 50.7 Å². The van der Waals surface area contributed by atoms with Gasteiger partial charge in [0.05, 0.1) is 0 Å². The smallest absolute Gasteiger partial charge is 0.315 e. The van der Waals surface area contributed by atoms with Crippen molar-refractivity contribution >= 4 is 6.03 Å². The van der Waals surface area contributed by atoms with E-state index < -0.39 is 0 Å². The Kier molecular flexibility index (Phi) is 5.72. The first-order valence-corrected chi connectivity index (χ1v) is 10.1. The standard InChI is InChI=1S/C21H29N5O/c27-21(24-18-9-13-25(14-10-18)19-6-7-19)23-11-8-20-22-12-15-26(20)16-17-4-2-1-3-5-17/h1-5,12,15,18-19H,6-11,13-14,16H2,(H2,23,24,27). The normalized spacial score (nSPS) is 18.4. The van der Waals surface area contributed by atoms with E-state index in [2.05, 4.69) is 37.2 Å². The summed E-state index contributed by atoms with van der Waals surface area (Å²) in [5, 5.41) is 6.12. The molecule has 2 aromatic rings. The number of likely N-dealkylation sites (tertiary alicyclic amines) is 1. The molecule has 2 N–H and O–H groups in total. The van der Waals surface area contributed by atoms with Gasteiger partial charge in [-0.05, 0) is 31.2 Å². The number of imidazole rings is 1. The number of rotatable bonds is 7. The van der Waals surface area contributed by atoms with Crippen molar-refractivity contribution in [3.63, 3.8) is 0 Å². The second-order valence-electron chi connectivity index (χ2n) is 7.65. The first-order valence-electron chi connectivity index (χ1n) is 10.1. The minimum atomic E-state index is -0.0546. The van der Waals surface area contributed by atoms with Crippen LogP contribution in [0.2, 0.25) is 0 Å². The van der Waals surface area contributed by atoms with Gasteiger partial charge in [0.15, 0.2) is 0 Å². The summed E-state index contributed by atoms with van der Waals surface area (Å²) < 4.78 is 2.14. The third kappa shape index (κ3) is 5.10. The van der Waals surface area contributed by atoms with E-state index in [-0.39, 0.29) is 6.03 Å². The molecule has 6 nitrogen and oxygen atoms in total. The molecule has 144 valence electrons. The number of amides is 2. The van der Waals surface area contributed by atoms with Crippen molar-refractivity contribution in [2.75, 3.05) is 19.6 Å². The van der Waals surface area contributed by atoms with E-state index in [0.29, 0.717) is 12.6 Å². The van der Waals surface area contributed by atoms with E-state index >= 15 is 0 Å². The molecular weight excluding hydrogens is 338 g/mol. The zero-order chi connectivity index (χ0) is 18.5. The molecule has 0 atom stereocenters. The summed E-state index contributed by atoms with van der Waals surface area (Å²) in [4.78, 5) is 19.2. The Morgan fingerprint density at radius 3 is 2.63 bits per heavy atom. The highest BCUT2D eigenvalue weighted by Gasteiger charge is 2.32. The molecule has 1 saturated heterocycles. The van der Waals surface area contributed by atoms with Crippen LogP contribution < -0.4 is 10.6 Å². The van der Waals surface area contributed by atoms with Crippen LogP contribution in [0.15, 0.2) is 42.7 Å². The minimum absolute atomic E-state index is 0.0546. The fourth-order valence-electron chi connectivity index (χ4n) is 3.87. The monoisotopic (exact) mass is 367 g/mol. The first-order chi connectivity index (χ1) is 13.3. The minimum Gasteiger partial charge on any atom is -0.338 e. The van der Waals surface area contributed by atoms with Crippen LogP contribution in [0.5, 0.6) is 0 Å². The predicted molar refractivity (Wildman–Crippen MR) is 106 cm³/mol. The molecule has 0 radical (unpaired) electrons. The van der Waals surface area contributed by atoms with Gasteiger partial charge in [-0.25, -0.2) is 9.78 Å². The highest BCUT2D eigenvalue weighted by atomic mass is 16.2. The Morgan fingerprint density at radius 1 is 1.11 bits per heavy atom. The van der Waals surface area contributed by atoms with Crippen LogP contribution in [0.25, 0.3) is 0 Å². The van der Waals surface area contributed by atoms with Crippen molar-refractivity contribution in [2.24, 2.45) is 0 Å². The second-order valence-corrected chi connectivity index (χ2v) is 7.65. The molecular formula is C21H29N5O. The number of nitrogens with one attached hydrogen (secondary N) is 2. The molecule has 6 heteroatoms. The molecule has 0 spiro atoms. The topological polar surface area (TPSA) is 62.2 Å². The third-order valence-corrected chi connectivity index (χ3v) is 5.56. The number of piperidine rings is 1. The van der Waals surface area contributed by atoms with Crippen molar-refractivity contribution in [3.05, 3.63) is 54.1 Å². The molecule has 1 aliphatic heterocycles. The summed E-state index contributed by atoms with van der Waals surface area (Å²) in [6.45, 7) is 3.64. The average Bonchev–Trinajstić information content (AvgIpc) is 3.45. The van der Waals surface area contributed by atoms with Gasteiger partial charge in [0, 0.05) is 57.1 Å². The molecule has 2 amide bonds. The lowest BCUT2D eigenvalue weighted by Gasteiger charge is -2.32. The van der Waals surface area contributed by atoms with Gasteiger partial charge < -0.3 is 20.1 Å². The van der Waals surface area contributed by atoms with Gasteiger partial charge in [0.1, 0.15) is 5.82 Å². The van der Waals surface area contributed by atoms with Gasteiger partial charge >= 0.3 is 6.03 Å². The number of benzene rings is 1. The molecule has 27 heavy (non-hydrogen) atoms. The van der Waals surface area contributed by atoms with Gasteiger partial charge in [-0.15, -0.1) is 0 Å². The maximum absolute atomic E-state index is 12.2. The number of urea groups is 1. The fraction of sp³-hybridized carbons (Fsp3) is 0.524. The van der Waals surface area contributed by atoms with Gasteiger partial charge in [0.2, 0.25) is 0 Å². The Bertz CT molecular complexity index is 732. The van der Waals surface area contributed by atoms with Crippen LogP contribution in [0.3, 0.4) is 0 Å². The summed E-state index contributed by atoms with van der Waals surface area (Å²) in [5.41, 5.74) is 1.25. The molecule has 0 unspecified atom stereocenters. The summed E-state index contributed by atoms with van der Waals surface area (Å²) in [6, 6.07) is 11.4. The molecule has 2 aliphatic rings. The molecule has 1 saturated carbocycles. The maximum Gasteiger partial charge on any atom is 0.315 e. The van der Waals surface area contributed by atoms with E-state index in [0.717, 1.165) is 50.8 Å². The quantitative estimate of drug-likeness (QED) is 0.790. The van der Waals surface area contributed by atoms with E-state index in [1.165, 1.54) is 18.4 Å². The van der Waals surface area contributed by atoms with E-state index in [4.69, 9.17) is 0 Å². The lowest BCUT2D eigenvalue weighted by atomic mass is 10.1. The highest BCUT2D eigenvalue weighted by molar-refractivity contribution is 5.74. The van der Waals surface area contributed by atoms with Crippen molar-refractivity contribution < 1.29 is 4.79 Å². The summed E-state index contributed by atoms with van der Waals surface area (Å²) in [7, 11) is 0. The summed E-state index contributed by atoms with van der Waals surface area (Å²) in [5.74, 6) is 0.997. The van der Waals surface area contributed by atoms with Crippen molar-refractivity contribution in [3.8, 4) is 0 Å². The van der Waals surface area contributed by atoms with E-state index in [9.17, 15) is 4.79 Å². The predicted octanol–water partition coefficient (Wildman–Crippen LogP) is 2.40. The molecule has 0 bridgehead atoms. The Hall–Kier alpha value is -2.34. The van der Waals surface area contributed by atoms with Crippen LogP contribution in [-0.4, -0.2) is 52.2 Å². The average molecular weight is 367 g/mol. The lowest BCUT2D eigenvalue weighted by molar-refractivity contribution is 0.186.